The van der Waals surface area contributed by atoms with Crippen LogP contribution in [-0.4, -0.2) is 75.2 Å². The van der Waals surface area contributed by atoms with Gasteiger partial charge in [-0.2, -0.15) is 0 Å². The lowest BCUT2D eigenvalue weighted by Gasteiger charge is -2.36. The molecule has 0 radical (unpaired) electrons. The second-order valence-electron chi connectivity index (χ2n) is 7.54. The third kappa shape index (κ3) is 10.7. The maximum Gasteiger partial charge on any atom is 0.191 e. The number of aliphatic imine (C=N–C) groups is 1. The highest BCUT2D eigenvalue weighted by molar-refractivity contribution is 5.79. The fourth-order valence-electron chi connectivity index (χ4n) is 3.32. The van der Waals surface area contributed by atoms with E-state index in [1.165, 1.54) is 77.5 Å². The summed E-state index contributed by atoms with van der Waals surface area (Å²) in [6.07, 6.45) is 10.9. The molecule has 5 nitrogen and oxygen atoms in total. The van der Waals surface area contributed by atoms with Crippen LogP contribution >= 0.6 is 0 Å². The van der Waals surface area contributed by atoms with E-state index in [-0.39, 0.29) is 0 Å². The molecule has 1 heterocycles. The molecule has 5 heteroatoms. The van der Waals surface area contributed by atoms with Crippen molar-refractivity contribution < 1.29 is 0 Å². The van der Waals surface area contributed by atoms with Crippen molar-refractivity contribution in [1.82, 2.24) is 20.4 Å². The zero-order chi connectivity index (χ0) is 18.3. The van der Waals surface area contributed by atoms with E-state index in [0.29, 0.717) is 6.04 Å². The summed E-state index contributed by atoms with van der Waals surface area (Å²) in [5, 5.41) is 6.94. The second kappa shape index (κ2) is 14.4. The molecule has 1 rings (SSSR count). The fourth-order valence-corrected chi connectivity index (χ4v) is 3.32. The number of rotatable bonds is 12. The normalized spacial score (nSPS) is 18.3. The molecule has 0 aliphatic carbocycles. The Morgan fingerprint density at radius 1 is 0.920 bits per heavy atom. The van der Waals surface area contributed by atoms with Gasteiger partial charge in [0.1, 0.15) is 0 Å². The van der Waals surface area contributed by atoms with E-state index >= 15 is 0 Å². The maximum absolute atomic E-state index is 4.35. The van der Waals surface area contributed by atoms with Gasteiger partial charge in [-0.3, -0.25) is 9.89 Å². The van der Waals surface area contributed by atoms with Gasteiger partial charge in [0, 0.05) is 52.4 Å². The maximum atomic E-state index is 4.35. The molecule has 1 aliphatic heterocycles. The van der Waals surface area contributed by atoms with Gasteiger partial charge in [0.25, 0.3) is 0 Å². The minimum Gasteiger partial charge on any atom is -0.356 e. The van der Waals surface area contributed by atoms with E-state index in [4.69, 9.17) is 0 Å². The van der Waals surface area contributed by atoms with E-state index in [1.54, 1.807) is 0 Å². The van der Waals surface area contributed by atoms with Crippen LogP contribution in [0.25, 0.3) is 0 Å². The summed E-state index contributed by atoms with van der Waals surface area (Å²) < 4.78 is 0. The van der Waals surface area contributed by atoms with Crippen LogP contribution in [0.15, 0.2) is 4.99 Å². The lowest BCUT2D eigenvalue weighted by molar-refractivity contribution is 0.120. The molecule has 1 saturated heterocycles. The highest BCUT2D eigenvalue weighted by Gasteiger charge is 2.18. The van der Waals surface area contributed by atoms with Gasteiger partial charge in [0.05, 0.1) is 0 Å². The Balaban J connectivity index is 2.02. The molecule has 25 heavy (non-hydrogen) atoms. The molecule has 0 amide bonds. The smallest absolute Gasteiger partial charge is 0.191 e. The van der Waals surface area contributed by atoms with Crippen molar-refractivity contribution in [1.29, 1.82) is 0 Å². The Kier molecular flexibility index (Phi) is 12.8. The van der Waals surface area contributed by atoms with Crippen LogP contribution in [0.2, 0.25) is 0 Å². The van der Waals surface area contributed by atoms with Crippen molar-refractivity contribution in [2.24, 2.45) is 4.99 Å². The molecule has 0 aromatic rings. The lowest BCUT2D eigenvalue weighted by atomic mass is 10.1. The molecule has 1 atom stereocenters. The summed E-state index contributed by atoms with van der Waals surface area (Å²) >= 11 is 0. The highest BCUT2D eigenvalue weighted by Crippen LogP contribution is 2.08. The lowest BCUT2D eigenvalue weighted by Crippen LogP contribution is -2.52. The monoisotopic (exact) mass is 353 g/mol. The molecular weight excluding hydrogens is 310 g/mol. The van der Waals surface area contributed by atoms with Crippen molar-refractivity contribution in [2.45, 2.75) is 71.3 Å². The number of piperazine rings is 1. The van der Waals surface area contributed by atoms with Crippen molar-refractivity contribution in [3.63, 3.8) is 0 Å². The molecule has 0 bridgehead atoms. The van der Waals surface area contributed by atoms with Crippen LogP contribution in [-0.2, 0) is 0 Å². The summed E-state index contributed by atoms with van der Waals surface area (Å²) in [4.78, 5) is 9.32. The van der Waals surface area contributed by atoms with Gasteiger partial charge in [0.2, 0.25) is 0 Å². The van der Waals surface area contributed by atoms with E-state index in [2.05, 4.69) is 46.3 Å². The van der Waals surface area contributed by atoms with Gasteiger partial charge < -0.3 is 15.5 Å². The predicted octanol–water partition coefficient (Wildman–Crippen LogP) is 2.93. The number of nitrogens with zero attached hydrogens (tertiary/aromatic N) is 3. The molecule has 1 fully saturated rings. The van der Waals surface area contributed by atoms with E-state index in [1.807, 2.05) is 7.05 Å². The van der Waals surface area contributed by atoms with Crippen molar-refractivity contribution in [3.05, 3.63) is 0 Å². The Morgan fingerprint density at radius 3 is 2.12 bits per heavy atom. The topological polar surface area (TPSA) is 42.9 Å². The average molecular weight is 354 g/mol. The molecule has 1 unspecified atom stereocenters. The molecule has 0 saturated carbocycles. The zero-order valence-electron chi connectivity index (χ0n) is 17.3. The minimum absolute atomic E-state index is 0.551. The average Bonchev–Trinajstić information content (AvgIpc) is 2.63. The van der Waals surface area contributed by atoms with Crippen molar-refractivity contribution in [2.75, 3.05) is 53.4 Å². The van der Waals surface area contributed by atoms with Crippen molar-refractivity contribution >= 4 is 5.96 Å². The summed E-state index contributed by atoms with van der Waals surface area (Å²) in [5.41, 5.74) is 0. The summed E-state index contributed by atoms with van der Waals surface area (Å²) in [5.74, 6) is 0.948. The highest BCUT2D eigenvalue weighted by atomic mass is 15.3. The van der Waals surface area contributed by atoms with E-state index < -0.39 is 0 Å². The third-order valence-corrected chi connectivity index (χ3v) is 5.27. The Labute approximate surface area is 156 Å². The van der Waals surface area contributed by atoms with Crippen LogP contribution in [0.5, 0.6) is 0 Å². The van der Waals surface area contributed by atoms with Crippen molar-refractivity contribution in [3.8, 4) is 0 Å². The quantitative estimate of drug-likeness (QED) is 0.322. The Morgan fingerprint density at radius 2 is 1.52 bits per heavy atom. The van der Waals surface area contributed by atoms with Crippen LogP contribution in [0.3, 0.4) is 0 Å². The molecule has 1 aliphatic rings. The van der Waals surface area contributed by atoms with Gasteiger partial charge in [-0.25, -0.2) is 0 Å². The van der Waals surface area contributed by atoms with E-state index in [0.717, 1.165) is 19.0 Å². The number of guanidine groups is 1. The molecule has 2 N–H and O–H groups in total. The fraction of sp³-hybridized carbons (Fsp3) is 0.950. The Hall–Kier alpha value is -0.810. The number of nitrogens with one attached hydrogen (secondary N) is 2. The first-order valence-corrected chi connectivity index (χ1v) is 10.5. The van der Waals surface area contributed by atoms with Crippen LogP contribution in [0.1, 0.15) is 65.2 Å². The number of unbranched alkanes of at least 4 members (excludes halogenated alkanes) is 7. The van der Waals surface area contributed by atoms with Crippen LogP contribution in [0, 0.1) is 0 Å². The first kappa shape index (κ1) is 22.2. The summed E-state index contributed by atoms with van der Waals surface area (Å²) in [6.45, 7) is 11.3. The zero-order valence-corrected chi connectivity index (χ0v) is 17.3. The minimum atomic E-state index is 0.551. The predicted molar refractivity (Wildman–Crippen MR) is 111 cm³/mol. The summed E-state index contributed by atoms with van der Waals surface area (Å²) in [6, 6.07) is 0.551. The molecule has 0 aromatic carbocycles. The van der Waals surface area contributed by atoms with E-state index in [9.17, 15) is 0 Å². The largest absolute Gasteiger partial charge is 0.356 e. The number of hydrogen-bond donors (Lipinski definition) is 2. The summed E-state index contributed by atoms with van der Waals surface area (Å²) in [7, 11) is 4.07. The first-order valence-electron chi connectivity index (χ1n) is 10.5. The molecule has 0 aromatic heterocycles. The molecule has 148 valence electrons. The number of likely N-dealkylation sites (N-methyl/N-ethyl adjacent to an activating group) is 1. The van der Waals surface area contributed by atoms with Gasteiger partial charge in [-0.15, -0.1) is 0 Å². The molecular formula is C20H43N5. The van der Waals surface area contributed by atoms with Crippen LogP contribution in [0.4, 0.5) is 0 Å². The standard InChI is InChI=1S/C20H43N5/c1-5-6-7-8-9-10-11-12-13-22-20(21-3)23-18-19(2)25-16-14-24(4)15-17-25/h19H,5-18H2,1-4H3,(H2,21,22,23). The number of hydrogen-bond acceptors (Lipinski definition) is 3. The second-order valence-corrected chi connectivity index (χ2v) is 7.54. The van der Waals surface area contributed by atoms with Gasteiger partial charge in [-0.1, -0.05) is 51.9 Å². The van der Waals surface area contributed by atoms with Crippen LogP contribution < -0.4 is 10.6 Å². The van der Waals surface area contributed by atoms with Gasteiger partial charge in [-0.05, 0) is 20.4 Å². The SMILES string of the molecule is CCCCCCCCCCNC(=NC)NCC(C)N1CCN(C)CC1. The van der Waals surface area contributed by atoms with Gasteiger partial charge in [0.15, 0.2) is 5.96 Å². The Bertz CT molecular complexity index is 337. The first-order chi connectivity index (χ1) is 12.2. The van der Waals surface area contributed by atoms with Gasteiger partial charge >= 0.3 is 0 Å². The molecule has 0 spiro atoms. The third-order valence-electron chi connectivity index (χ3n) is 5.27.